The van der Waals surface area contributed by atoms with Crippen LogP contribution in [0.2, 0.25) is 0 Å². The average Bonchev–Trinajstić information content (AvgIpc) is 2.79. The number of rotatable bonds is 3. The summed E-state index contributed by atoms with van der Waals surface area (Å²) >= 11 is 34.8. The lowest BCUT2D eigenvalue weighted by molar-refractivity contribution is 0.502. The van der Waals surface area contributed by atoms with E-state index in [-0.39, 0.29) is 11.6 Å². The highest BCUT2D eigenvalue weighted by molar-refractivity contribution is 6.67. The van der Waals surface area contributed by atoms with E-state index in [1.54, 1.807) is 6.26 Å². The minimum atomic E-state index is -1.84. The first-order valence-electron chi connectivity index (χ1n) is 5.99. The molecule has 2 aromatic heterocycles. The molecule has 0 spiro atoms. The van der Waals surface area contributed by atoms with E-state index in [4.69, 9.17) is 74.0 Å². The maximum atomic E-state index is 5.81. The maximum absolute atomic E-state index is 5.81. The van der Waals surface area contributed by atoms with Gasteiger partial charge in [-0.1, -0.05) is 69.6 Å². The van der Waals surface area contributed by atoms with E-state index in [9.17, 15) is 0 Å². The van der Waals surface area contributed by atoms with Gasteiger partial charge in [0.15, 0.2) is 11.6 Å². The number of aromatic nitrogens is 3. The Bertz CT molecular complexity index is 629. The Kier molecular flexibility index (Phi) is 5.74. The lowest BCUT2D eigenvalue weighted by atomic mass is 10.2. The van der Waals surface area contributed by atoms with E-state index >= 15 is 0 Å². The molecular formula is C12H9Cl6N3O. The van der Waals surface area contributed by atoms with Gasteiger partial charge in [0.05, 0.1) is 6.26 Å². The molecule has 0 N–H and O–H groups in total. The van der Waals surface area contributed by atoms with Gasteiger partial charge in [0.2, 0.25) is 7.59 Å². The summed E-state index contributed by atoms with van der Waals surface area (Å²) in [6.45, 7) is 1.94. The van der Waals surface area contributed by atoms with Gasteiger partial charge in [-0.2, -0.15) is 0 Å². The zero-order valence-corrected chi connectivity index (χ0v) is 15.6. The predicted molar refractivity (Wildman–Crippen MR) is 89.2 cm³/mol. The minimum Gasteiger partial charge on any atom is -0.469 e. The third-order valence-electron chi connectivity index (χ3n) is 2.73. The Morgan fingerprint density at radius 1 is 0.909 bits per heavy atom. The Hall–Kier alpha value is 0.0300. The molecule has 10 heteroatoms. The van der Waals surface area contributed by atoms with Crippen molar-refractivity contribution in [2.24, 2.45) is 0 Å². The van der Waals surface area contributed by atoms with Crippen LogP contribution in [-0.2, 0) is 20.4 Å². The van der Waals surface area contributed by atoms with Crippen molar-refractivity contribution >= 4 is 69.6 Å². The summed E-state index contributed by atoms with van der Waals surface area (Å²) in [5.41, 5.74) is 1.03. The highest BCUT2D eigenvalue weighted by atomic mass is 35.6. The summed E-state index contributed by atoms with van der Waals surface area (Å²) in [6.07, 6.45) is 2.58. The van der Waals surface area contributed by atoms with Crippen LogP contribution in [-0.4, -0.2) is 15.0 Å². The largest absolute Gasteiger partial charge is 0.469 e. The molecule has 4 nitrogen and oxygen atoms in total. The molecule has 0 radical (unpaired) electrons. The van der Waals surface area contributed by atoms with Crippen molar-refractivity contribution in [2.45, 2.75) is 27.4 Å². The van der Waals surface area contributed by atoms with Crippen LogP contribution < -0.4 is 0 Å². The van der Waals surface area contributed by atoms with Gasteiger partial charge in [0.1, 0.15) is 11.6 Å². The summed E-state index contributed by atoms with van der Waals surface area (Å²) in [5, 5.41) is 0. The second-order valence-electron chi connectivity index (χ2n) is 4.42. The second kappa shape index (κ2) is 6.88. The quantitative estimate of drug-likeness (QED) is 0.636. The monoisotopic (exact) mass is 421 g/mol. The molecule has 0 atom stereocenters. The molecule has 0 aliphatic rings. The number of furan rings is 1. The highest BCUT2D eigenvalue weighted by Crippen LogP contribution is 2.39. The van der Waals surface area contributed by atoms with Gasteiger partial charge in [-0.05, 0) is 18.6 Å². The van der Waals surface area contributed by atoms with Gasteiger partial charge >= 0.3 is 0 Å². The molecule has 0 aliphatic carbocycles. The van der Waals surface area contributed by atoms with Crippen molar-refractivity contribution in [3.8, 4) is 0 Å². The van der Waals surface area contributed by atoms with Gasteiger partial charge in [0, 0.05) is 12.8 Å². The number of halogens is 6. The smallest absolute Gasteiger partial charge is 0.250 e. The minimum absolute atomic E-state index is 0.0972. The van der Waals surface area contributed by atoms with Crippen molar-refractivity contribution in [3.63, 3.8) is 0 Å². The molecule has 120 valence electrons. The third kappa shape index (κ3) is 4.76. The molecule has 22 heavy (non-hydrogen) atoms. The molecule has 0 bridgehead atoms. The number of hydrogen-bond donors (Lipinski definition) is 0. The lowest BCUT2D eigenvalue weighted by Crippen LogP contribution is -2.18. The van der Waals surface area contributed by atoms with Crippen molar-refractivity contribution < 1.29 is 4.42 Å². The topological polar surface area (TPSA) is 51.8 Å². The Morgan fingerprint density at radius 2 is 1.45 bits per heavy atom. The van der Waals surface area contributed by atoms with Crippen LogP contribution in [0.25, 0.3) is 0 Å². The van der Waals surface area contributed by atoms with Gasteiger partial charge in [-0.25, -0.2) is 15.0 Å². The zero-order chi connectivity index (χ0) is 16.5. The van der Waals surface area contributed by atoms with Gasteiger partial charge < -0.3 is 4.42 Å². The van der Waals surface area contributed by atoms with Crippen LogP contribution in [0.15, 0.2) is 16.7 Å². The molecule has 0 unspecified atom stereocenters. The summed E-state index contributed by atoms with van der Waals surface area (Å²) in [5.74, 6) is 0.958. The Labute approximate surface area is 157 Å². The molecule has 2 aromatic rings. The Morgan fingerprint density at radius 3 is 1.86 bits per heavy atom. The Balaban J connectivity index is 2.32. The van der Waals surface area contributed by atoms with Crippen LogP contribution >= 0.6 is 69.6 Å². The molecule has 0 aromatic carbocycles. The van der Waals surface area contributed by atoms with Crippen LogP contribution in [0.3, 0.4) is 0 Å². The molecule has 0 aliphatic heterocycles. The van der Waals surface area contributed by atoms with Gasteiger partial charge in [0.25, 0.3) is 0 Å². The lowest BCUT2D eigenvalue weighted by Gasteiger charge is -2.15. The second-order valence-corrected chi connectivity index (χ2v) is 8.98. The van der Waals surface area contributed by atoms with E-state index in [1.807, 2.05) is 13.0 Å². The first-order valence-corrected chi connectivity index (χ1v) is 8.26. The number of aryl methyl sites for hydroxylation is 3. The van der Waals surface area contributed by atoms with Gasteiger partial charge in [-0.3, -0.25) is 0 Å². The van der Waals surface area contributed by atoms with Crippen LogP contribution in [0, 0.1) is 6.92 Å². The predicted octanol–water partition coefficient (Wildman–Crippen LogP) is 5.21. The van der Waals surface area contributed by atoms with E-state index in [1.165, 1.54) is 0 Å². The number of nitrogens with zero attached hydrogens (tertiary/aromatic N) is 3. The fourth-order valence-corrected chi connectivity index (χ4v) is 2.18. The molecule has 0 saturated carbocycles. The summed E-state index contributed by atoms with van der Waals surface area (Å²) < 4.78 is 1.66. The third-order valence-corrected chi connectivity index (χ3v) is 3.75. The summed E-state index contributed by atoms with van der Waals surface area (Å²) in [7, 11) is 0. The maximum Gasteiger partial charge on any atom is 0.250 e. The molecule has 2 heterocycles. The van der Waals surface area contributed by atoms with E-state index in [0.29, 0.717) is 18.7 Å². The molecule has 0 saturated heterocycles. The van der Waals surface area contributed by atoms with Crippen LogP contribution in [0.1, 0.15) is 28.8 Å². The zero-order valence-electron chi connectivity index (χ0n) is 11.1. The van der Waals surface area contributed by atoms with E-state index in [0.717, 1.165) is 11.3 Å². The SMILES string of the molecule is Cc1ccoc1CCc1nc(C(Cl)(Cl)Cl)nc(C(Cl)(Cl)Cl)n1. The molecule has 2 rings (SSSR count). The van der Waals surface area contributed by atoms with Crippen molar-refractivity contribution in [3.05, 3.63) is 41.1 Å². The summed E-state index contributed by atoms with van der Waals surface area (Å²) in [4.78, 5) is 12.1. The number of alkyl halides is 6. The summed E-state index contributed by atoms with van der Waals surface area (Å²) in [6, 6.07) is 1.86. The van der Waals surface area contributed by atoms with E-state index in [2.05, 4.69) is 15.0 Å². The van der Waals surface area contributed by atoms with Crippen molar-refractivity contribution in [1.29, 1.82) is 0 Å². The van der Waals surface area contributed by atoms with Crippen LogP contribution in [0.4, 0.5) is 0 Å². The standard InChI is InChI=1S/C12H9Cl6N3O/c1-6-4-5-22-7(6)2-3-8-19-9(11(13,14)15)21-10(20-8)12(16,17)18/h4-5H,2-3H2,1H3. The molecular weight excluding hydrogens is 415 g/mol. The van der Waals surface area contributed by atoms with Crippen molar-refractivity contribution in [2.75, 3.05) is 0 Å². The van der Waals surface area contributed by atoms with E-state index < -0.39 is 7.59 Å². The average molecular weight is 424 g/mol. The normalized spacial score (nSPS) is 12.7. The molecule has 0 fully saturated rings. The highest BCUT2D eigenvalue weighted by Gasteiger charge is 2.33. The van der Waals surface area contributed by atoms with Crippen LogP contribution in [0.5, 0.6) is 0 Å². The fourth-order valence-electron chi connectivity index (χ4n) is 1.67. The first kappa shape index (κ1) is 18.4. The first-order chi connectivity index (χ1) is 10.1. The van der Waals surface area contributed by atoms with Gasteiger partial charge in [-0.15, -0.1) is 0 Å². The van der Waals surface area contributed by atoms with Crippen molar-refractivity contribution in [1.82, 2.24) is 15.0 Å². The number of hydrogen-bond acceptors (Lipinski definition) is 4. The fraction of sp³-hybridized carbons (Fsp3) is 0.417. The molecule has 0 amide bonds.